The van der Waals surface area contributed by atoms with E-state index < -0.39 is 5.60 Å². The van der Waals surface area contributed by atoms with Gasteiger partial charge in [-0.25, -0.2) is 4.79 Å². The van der Waals surface area contributed by atoms with Crippen LogP contribution in [0.3, 0.4) is 0 Å². The highest BCUT2D eigenvalue weighted by Gasteiger charge is 2.26. The first kappa shape index (κ1) is 15.6. The van der Waals surface area contributed by atoms with Crippen LogP contribution in [0.15, 0.2) is 24.3 Å². The molecule has 21 heavy (non-hydrogen) atoms. The highest BCUT2D eigenvalue weighted by molar-refractivity contribution is 5.68. The van der Waals surface area contributed by atoms with E-state index in [2.05, 4.69) is 22.3 Å². The average Bonchev–Trinajstić information content (AvgIpc) is 2.85. The van der Waals surface area contributed by atoms with Crippen molar-refractivity contribution in [1.82, 2.24) is 5.32 Å². The Morgan fingerprint density at radius 1 is 1.48 bits per heavy atom. The van der Waals surface area contributed by atoms with Gasteiger partial charge in [0.2, 0.25) is 0 Å². The second-order valence-corrected chi connectivity index (χ2v) is 6.45. The van der Waals surface area contributed by atoms with Crippen molar-refractivity contribution in [3.63, 3.8) is 0 Å². The molecule has 5 heteroatoms. The average molecular weight is 291 g/mol. The normalized spacial score (nSPS) is 18.7. The Kier molecular flexibility index (Phi) is 4.73. The summed E-state index contributed by atoms with van der Waals surface area (Å²) < 4.78 is 5.29. The van der Waals surface area contributed by atoms with E-state index in [0.29, 0.717) is 6.54 Å². The van der Waals surface area contributed by atoms with Crippen molar-refractivity contribution in [2.45, 2.75) is 45.4 Å². The lowest BCUT2D eigenvalue weighted by molar-refractivity contribution is 0.0509. The van der Waals surface area contributed by atoms with Crippen LogP contribution >= 0.6 is 0 Å². The number of nitrogens with two attached hydrogens (primary N) is 1. The number of rotatable bonds is 3. The minimum atomic E-state index is -0.460. The molecule has 1 aromatic rings. The van der Waals surface area contributed by atoms with Gasteiger partial charge < -0.3 is 20.7 Å². The molecule has 1 aliphatic heterocycles. The number of nitrogens with one attached hydrogen (secondary N) is 1. The lowest BCUT2D eigenvalue weighted by atomic mass is 10.2. The van der Waals surface area contributed by atoms with Gasteiger partial charge in [-0.15, -0.1) is 0 Å². The zero-order valence-corrected chi connectivity index (χ0v) is 13.1. The Hall–Kier alpha value is -1.75. The third-order valence-electron chi connectivity index (χ3n) is 3.42. The minimum Gasteiger partial charge on any atom is -0.444 e. The molecule has 3 N–H and O–H groups in total. The van der Waals surface area contributed by atoms with Crippen LogP contribution in [0.25, 0.3) is 0 Å². The number of alkyl carbamates (subject to hydrolysis) is 1. The molecular weight excluding hydrogens is 266 g/mol. The van der Waals surface area contributed by atoms with Crippen molar-refractivity contribution >= 4 is 11.8 Å². The number of benzene rings is 1. The second-order valence-electron chi connectivity index (χ2n) is 6.45. The number of nitrogens with zero attached hydrogens (tertiary/aromatic N) is 1. The van der Waals surface area contributed by atoms with Crippen LogP contribution in [0.5, 0.6) is 0 Å². The van der Waals surface area contributed by atoms with Crippen molar-refractivity contribution in [2.75, 3.05) is 18.0 Å². The number of carbonyl (C=O) groups is 1. The molecule has 0 bridgehead atoms. The summed E-state index contributed by atoms with van der Waals surface area (Å²) in [6, 6.07) is 8.36. The first-order valence-corrected chi connectivity index (χ1v) is 7.41. The molecule has 0 unspecified atom stereocenters. The Balaban J connectivity index is 1.90. The molecule has 1 atom stereocenters. The smallest absolute Gasteiger partial charge is 0.407 e. The van der Waals surface area contributed by atoms with E-state index in [1.807, 2.05) is 32.9 Å². The predicted molar refractivity (Wildman–Crippen MR) is 84.3 cm³/mol. The van der Waals surface area contributed by atoms with Crippen LogP contribution in [-0.2, 0) is 11.3 Å². The number of hydrogen-bond donors (Lipinski definition) is 2. The number of carbonyl (C=O) groups excluding carboxylic acids is 1. The zero-order valence-electron chi connectivity index (χ0n) is 13.1. The maximum absolute atomic E-state index is 11.8. The molecule has 0 aliphatic carbocycles. The summed E-state index contributed by atoms with van der Waals surface area (Å²) in [6.07, 6.45) is 0.580. The van der Waals surface area contributed by atoms with Crippen LogP contribution in [0.1, 0.15) is 32.8 Å². The minimum absolute atomic E-state index is 0.126. The van der Waals surface area contributed by atoms with Crippen LogP contribution in [0, 0.1) is 0 Å². The van der Waals surface area contributed by atoms with Gasteiger partial charge in [-0.3, -0.25) is 0 Å². The van der Waals surface area contributed by atoms with Crippen LogP contribution < -0.4 is 16.0 Å². The highest BCUT2D eigenvalue weighted by Crippen LogP contribution is 2.21. The molecule has 116 valence electrons. The lowest BCUT2D eigenvalue weighted by Crippen LogP contribution is -2.40. The summed E-state index contributed by atoms with van der Waals surface area (Å²) in [6.45, 7) is 7.87. The molecule has 5 nitrogen and oxygen atoms in total. The number of hydrogen-bond acceptors (Lipinski definition) is 4. The molecule has 0 saturated carbocycles. The molecule has 1 fully saturated rings. The van der Waals surface area contributed by atoms with Crippen molar-refractivity contribution < 1.29 is 9.53 Å². The summed E-state index contributed by atoms with van der Waals surface area (Å²) in [5, 5.41) is 2.94. The quantitative estimate of drug-likeness (QED) is 0.896. The Morgan fingerprint density at radius 2 is 2.24 bits per heavy atom. The predicted octanol–water partition coefficient (Wildman–Crippen LogP) is 2.25. The first-order chi connectivity index (χ1) is 9.87. The van der Waals surface area contributed by atoms with Gasteiger partial charge in [-0.2, -0.15) is 0 Å². The van der Waals surface area contributed by atoms with Gasteiger partial charge >= 0.3 is 6.09 Å². The maximum Gasteiger partial charge on any atom is 0.407 e. The third kappa shape index (κ3) is 4.63. The molecular formula is C16H25N3O2. The van der Waals surface area contributed by atoms with Crippen molar-refractivity contribution in [3.8, 4) is 0 Å². The summed E-state index contributed by atoms with van der Waals surface area (Å²) >= 11 is 0. The summed E-state index contributed by atoms with van der Waals surface area (Å²) in [5.41, 5.74) is 7.50. The summed E-state index contributed by atoms with van der Waals surface area (Å²) in [7, 11) is 0. The van der Waals surface area contributed by atoms with Gasteiger partial charge in [0, 0.05) is 25.3 Å². The summed E-state index contributed by atoms with van der Waals surface area (Å²) in [5.74, 6) is 0. The van der Waals surface area contributed by atoms with Gasteiger partial charge in [0.15, 0.2) is 0 Å². The topological polar surface area (TPSA) is 67.6 Å². The highest BCUT2D eigenvalue weighted by atomic mass is 16.6. The van der Waals surface area contributed by atoms with Crippen LogP contribution in [0.2, 0.25) is 0 Å². The van der Waals surface area contributed by atoms with Crippen LogP contribution in [-0.4, -0.2) is 30.8 Å². The first-order valence-electron chi connectivity index (χ1n) is 7.41. The SMILES string of the molecule is CC(C)(C)OC(=O)N[C@H]1CCN(c2cccc(CN)c2)C1. The van der Waals surface area contributed by atoms with E-state index in [4.69, 9.17) is 10.5 Å². The molecule has 1 heterocycles. The van der Waals surface area contributed by atoms with Gasteiger partial charge in [-0.1, -0.05) is 12.1 Å². The number of amides is 1. The third-order valence-corrected chi connectivity index (χ3v) is 3.42. The Labute approximate surface area is 126 Å². The van der Waals surface area contributed by atoms with Gasteiger partial charge in [0.05, 0.1) is 6.04 Å². The van der Waals surface area contributed by atoms with E-state index in [0.717, 1.165) is 30.8 Å². The molecule has 2 rings (SSSR count). The van der Waals surface area contributed by atoms with Gasteiger partial charge in [0.1, 0.15) is 5.60 Å². The molecule has 1 aliphatic rings. The molecule has 0 aromatic heterocycles. The van der Waals surface area contributed by atoms with Gasteiger partial charge in [-0.05, 0) is 44.9 Å². The van der Waals surface area contributed by atoms with E-state index in [1.54, 1.807) is 0 Å². The van der Waals surface area contributed by atoms with Gasteiger partial charge in [0.25, 0.3) is 0 Å². The fourth-order valence-electron chi connectivity index (χ4n) is 2.47. The van der Waals surface area contributed by atoms with E-state index in [9.17, 15) is 4.79 Å². The zero-order chi connectivity index (χ0) is 15.5. The van der Waals surface area contributed by atoms with E-state index in [-0.39, 0.29) is 12.1 Å². The molecule has 1 amide bonds. The number of ether oxygens (including phenoxy) is 1. The number of anilines is 1. The van der Waals surface area contributed by atoms with Crippen molar-refractivity contribution in [1.29, 1.82) is 0 Å². The molecule has 0 spiro atoms. The fourth-order valence-corrected chi connectivity index (χ4v) is 2.47. The van der Waals surface area contributed by atoms with Crippen molar-refractivity contribution in [3.05, 3.63) is 29.8 Å². The Morgan fingerprint density at radius 3 is 2.90 bits per heavy atom. The fraction of sp³-hybridized carbons (Fsp3) is 0.562. The largest absolute Gasteiger partial charge is 0.444 e. The Bertz CT molecular complexity index is 497. The molecule has 1 saturated heterocycles. The lowest BCUT2D eigenvalue weighted by Gasteiger charge is -2.22. The molecule has 0 radical (unpaired) electrons. The van der Waals surface area contributed by atoms with Crippen LogP contribution in [0.4, 0.5) is 10.5 Å². The standard InChI is InChI=1S/C16H25N3O2/c1-16(2,3)21-15(20)18-13-7-8-19(11-13)14-6-4-5-12(9-14)10-17/h4-6,9,13H,7-8,10-11,17H2,1-3H3,(H,18,20)/t13-/m0/s1. The monoisotopic (exact) mass is 291 g/mol. The van der Waals surface area contributed by atoms with Crippen molar-refractivity contribution in [2.24, 2.45) is 5.73 Å². The maximum atomic E-state index is 11.8. The summed E-state index contributed by atoms with van der Waals surface area (Å²) in [4.78, 5) is 14.1. The van der Waals surface area contributed by atoms with E-state index in [1.165, 1.54) is 0 Å². The second kappa shape index (κ2) is 6.35. The van der Waals surface area contributed by atoms with E-state index >= 15 is 0 Å². The molecule has 1 aromatic carbocycles.